The number of hydrogen-bond donors (Lipinski definition) is 0. The Labute approximate surface area is 157 Å². The molecule has 0 atom stereocenters. The zero-order valence-electron chi connectivity index (χ0n) is 15.2. The number of thioether (sulfide) groups is 1. The Morgan fingerprint density at radius 1 is 1.23 bits per heavy atom. The van der Waals surface area contributed by atoms with E-state index in [0.29, 0.717) is 12.2 Å². The van der Waals surface area contributed by atoms with Gasteiger partial charge >= 0.3 is 5.97 Å². The van der Waals surface area contributed by atoms with Gasteiger partial charge in [0.1, 0.15) is 5.82 Å². The first-order chi connectivity index (χ1) is 12.7. The number of aromatic nitrogens is 3. The molecule has 1 aromatic heterocycles. The van der Waals surface area contributed by atoms with Crippen LogP contribution in [-0.4, -0.2) is 58.5 Å². The lowest BCUT2D eigenvalue weighted by atomic mass is 10.1. The fourth-order valence-electron chi connectivity index (χ4n) is 2.67. The van der Waals surface area contributed by atoms with E-state index in [9.17, 15) is 4.79 Å². The first kappa shape index (κ1) is 18.9. The van der Waals surface area contributed by atoms with Crippen LogP contribution in [0.1, 0.15) is 28.7 Å². The van der Waals surface area contributed by atoms with Crippen LogP contribution in [-0.2, 0) is 28.8 Å². The second-order valence-corrected chi connectivity index (χ2v) is 6.99. The third kappa shape index (κ3) is 4.84. The predicted molar refractivity (Wildman–Crippen MR) is 99.1 cm³/mol. The van der Waals surface area contributed by atoms with Gasteiger partial charge in [-0.25, -0.2) is 4.79 Å². The normalized spacial score (nSPS) is 15.2. The second kappa shape index (κ2) is 9.16. The predicted octanol–water partition coefficient (Wildman–Crippen LogP) is 2.12. The summed E-state index contributed by atoms with van der Waals surface area (Å²) in [5.41, 5.74) is 1.70. The molecule has 2 aromatic rings. The monoisotopic (exact) mass is 376 g/mol. The van der Waals surface area contributed by atoms with Crippen molar-refractivity contribution in [1.82, 2.24) is 19.7 Å². The number of nitrogens with zero attached hydrogens (tertiary/aromatic N) is 4. The van der Waals surface area contributed by atoms with Crippen molar-refractivity contribution < 1.29 is 14.3 Å². The lowest BCUT2D eigenvalue weighted by molar-refractivity contribution is 0.0326. The Hall–Kier alpha value is -1.90. The number of carbonyl (C=O) groups is 1. The fourth-order valence-corrected chi connectivity index (χ4v) is 3.55. The van der Waals surface area contributed by atoms with Crippen LogP contribution in [0.5, 0.6) is 0 Å². The molecule has 1 fully saturated rings. The highest BCUT2D eigenvalue weighted by molar-refractivity contribution is 7.98. The minimum Gasteiger partial charge on any atom is -0.462 e. The third-order valence-electron chi connectivity index (χ3n) is 4.23. The fraction of sp³-hybridized carbons (Fsp3) is 0.500. The summed E-state index contributed by atoms with van der Waals surface area (Å²) in [4.78, 5) is 14.0. The molecule has 0 N–H and O–H groups in total. The molecule has 0 amide bonds. The molecule has 0 radical (unpaired) electrons. The van der Waals surface area contributed by atoms with E-state index in [1.54, 1.807) is 30.8 Å². The van der Waals surface area contributed by atoms with Crippen LogP contribution in [0.3, 0.4) is 0 Å². The van der Waals surface area contributed by atoms with Gasteiger partial charge in [-0.2, -0.15) is 0 Å². The van der Waals surface area contributed by atoms with Crippen LogP contribution in [0.25, 0.3) is 0 Å². The lowest BCUT2D eigenvalue weighted by Gasteiger charge is -2.25. The minimum atomic E-state index is -0.284. The molecule has 0 aliphatic carbocycles. The van der Waals surface area contributed by atoms with Gasteiger partial charge in [-0.05, 0) is 24.6 Å². The van der Waals surface area contributed by atoms with Gasteiger partial charge in [-0.3, -0.25) is 4.90 Å². The largest absolute Gasteiger partial charge is 0.462 e. The molecule has 2 heterocycles. The number of esters is 1. The summed E-state index contributed by atoms with van der Waals surface area (Å²) in [7, 11) is 2.00. The molecule has 1 aliphatic heterocycles. The van der Waals surface area contributed by atoms with Gasteiger partial charge in [0, 0.05) is 25.9 Å². The van der Waals surface area contributed by atoms with E-state index in [1.165, 1.54) is 0 Å². The molecule has 3 rings (SSSR count). The Balaban J connectivity index is 1.55. The van der Waals surface area contributed by atoms with Gasteiger partial charge < -0.3 is 14.0 Å². The maximum absolute atomic E-state index is 11.7. The van der Waals surface area contributed by atoms with Crippen LogP contribution >= 0.6 is 11.8 Å². The number of benzene rings is 1. The summed E-state index contributed by atoms with van der Waals surface area (Å²) in [6.07, 6.45) is 0. The van der Waals surface area contributed by atoms with Crippen molar-refractivity contribution in [1.29, 1.82) is 0 Å². The van der Waals surface area contributed by atoms with E-state index in [1.807, 2.05) is 23.7 Å². The maximum Gasteiger partial charge on any atom is 0.338 e. The quantitative estimate of drug-likeness (QED) is 0.541. The smallest absolute Gasteiger partial charge is 0.338 e. The van der Waals surface area contributed by atoms with Crippen molar-refractivity contribution in [3.8, 4) is 0 Å². The SMILES string of the molecule is CCOC(=O)c1ccc(CSc2nnc(CN3CCOCC3)n2C)cc1. The minimum absolute atomic E-state index is 0.284. The van der Waals surface area contributed by atoms with Crippen LogP contribution in [0.2, 0.25) is 0 Å². The van der Waals surface area contributed by atoms with Crippen molar-refractivity contribution in [2.45, 2.75) is 24.4 Å². The Morgan fingerprint density at radius 2 is 1.96 bits per heavy atom. The lowest BCUT2D eigenvalue weighted by Crippen LogP contribution is -2.36. The molecule has 8 heteroatoms. The summed E-state index contributed by atoms with van der Waals surface area (Å²) in [5, 5.41) is 9.53. The van der Waals surface area contributed by atoms with Gasteiger partial charge in [0.25, 0.3) is 0 Å². The second-order valence-electron chi connectivity index (χ2n) is 6.05. The first-order valence-corrected chi connectivity index (χ1v) is 9.73. The average Bonchev–Trinajstić information content (AvgIpc) is 3.01. The van der Waals surface area contributed by atoms with Crippen molar-refractivity contribution >= 4 is 17.7 Å². The van der Waals surface area contributed by atoms with Crippen LogP contribution in [0.15, 0.2) is 29.4 Å². The summed E-state index contributed by atoms with van der Waals surface area (Å²) < 4.78 is 12.4. The van der Waals surface area contributed by atoms with Gasteiger partial charge in [0.05, 0.1) is 31.9 Å². The summed E-state index contributed by atoms with van der Waals surface area (Å²) in [5.74, 6) is 1.45. The maximum atomic E-state index is 11.7. The molecule has 0 spiro atoms. The molecule has 7 nitrogen and oxygen atoms in total. The molecule has 0 saturated carbocycles. The number of hydrogen-bond acceptors (Lipinski definition) is 7. The van der Waals surface area contributed by atoms with Gasteiger partial charge in [0.2, 0.25) is 0 Å². The molecule has 1 aromatic carbocycles. The van der Waals surface area contributed by atoms with Crippen molar-refractivity contribution in [3.05, 3.63) is 41.2 Å². The molecule has 140 valence electrons. The molecule has 1 saturated heterocycles. The number of carbonyl (C=O) groups excluding carboxylic acids is 1. The van der Waals surface area contributed by atoms with Gasteiger partial charge in [0.15, 0.2) is 5.16 Å². The van der Waals surface area contributed by atoms with Crippen LogP contribution < -0.4 is 0 Å². The van der Waals surface area contributed by atoms with E-state index >= 15 is 0 Å². The Bertz CT molecular complexity index is 727. The topological polar surface area (TPSA) is 69.5 Å². The zero-order valence-corrected chi connectivity index (χ0v) is 16.0. The van der Waals surface area contributed by atoms with Crippen molar-refractivity contribution in [2.75, 3.05) is 32.9 Å². The molecular formula is C18H24N4O3S. The van der Waals surface area contributed by atoms with Gasteiger partial charge in [-0.1, -0.05) is 23.9 Å². The summed E-state index contributed by atoms with van der Waals surface area (Å²) in [6.45, 7) is 6.40. The van der Waals surface area contributed by atoms with E-state index in [0.717, 1.165) is 55.1 Å². The standard InChI is InChI=1S/C18H24N4O3S/c1-3-25-17(23)15-6-4-14(5-7-15)13-26-18-20-19-16(21(18)2)12-22-8-10-24-11-9-22/h4-7H,3,8-13H2,1-2H3. The van der Waals surface area contributed by atoms with E-state index in [2.05, 4.69) is 15.1 Å². The molecule has 0 unspecified atom stereocenters. The highest BCUT2D eigenvalue weighted by Gasteiger charge is 2.16. The number of ether oxygens (including phenoxy) is 2. The zero-order chi connectivity index (χ0) is 18.4. The van der Waals surface area contributed by atoms with Crippen LogP contribution in [0, 0.1) is 0 Å². The third-order valence-corrected chi connectivity index (χ3v) is 5.32. The molecule has 26 heavy (non-hydrogen) atoms. The van der Waals surface area contributed by atoms with Crippen LogP contribution in [0.4, 0.5) is 0 Å². The van der Waals surface area contributed by atoms with Gasteiger partial charge in [-0.15, -0.1) is 10.2 Å². The van der Waals surface area contributed by atoms with E-state index in [4.69, 9.17) is 9.47 Å². The highest BCUT2D eigenvalue weighted by atomic mass is 32.2. The molecular weight excluding hydrogens is 352 g/mol. The summed E-state index contributed by atoms with van der Waals surface area (Å²) >= 11 is 1.64. The Kier molecular flexibility index (Phi) is 6.65. The Morgan fingerprint density at radius 3 is 2.65 bits per heavy atom. The summed E-state index contributed by atoms with van der Waals surface area (Å²) in [6, 6.07) is 7.50. The average molecular weight is 376 g/mol. The number of morpholine rings is 1. The van der Waals surface area contributed by atoms with Crippen molar-refractivity contribution in [3.63, 3.8) is 0 Å². The van der Waals surface area contributed by atoms with Crippen molar-refractivity contribution in [2.24, 2.45) is 7.05 Å². The van der Waals surface area contributed by atoms with E-state index in [-0.39, 0.29) is 5.97 Å². The van der Waals surface area contributed by atoms with E-state index < -0.39 is 0 Å². The molecule has 0 bridgehead atoms. The molecule has 1 aliphatic rings. The number of rotatable bonds is 7. The first-order valence-electron chi connectivity index (χ1n) is 8.74. The highest BCUT2D eigenvalue weighted by Crippen LogP contribution is 2.22.